The second-order valence-electron chi connectivity index (χ2n) is 8.15. The van der Waals surface area contributed by atoms with Crippen LogP contribution in [-0.4, -0.2) is 27.6 Å². The second kappa shape index (κ2) is 11.1. The van der Waals surface area contributed by atoms with Crippen LogP contribution in [0.4, 0.5) is 10.1 Å². The number of sulfonamides is 1. The van der Waals surface area contributed by atoms with Crippen LogP contribution in [-0.2, 0) is 21.2 Å². The zero-order chi connectivity index (χ0) is 25.8. The Kier molecular flexibility index (Phi) is 8.40. The molecule has 186 valence electrons. The van der Waals surface area contributed by atoms with Crippen molar-refractivity contribution in [1.29, 1.82) is 0 Å². The topological polar surface area (TPSA) is 81.7 Å². The highest BCUT2D eigenvalue weighted by Crippen LogP contribution is 2.36. The van der Waals surface area contributed by atoms with E-state index in [1.165, 1.54) is 25.3 Å². The summed E-state index contributed by atoms with van der Waals surface area (Å²) in [6.07, 6.45) is 0.710. The molecular weight excluding hydrogens is 493 g/mol. The number of esters is 1. The molecule has 0 aliphatic carbocycles. The molecule has 3 aromatic carbocycles. The molecule has 0 radical (unpaired) electrons. The molecule has 0 aromatic heterocycles. The minimum Gasteiger partial charge on any atom is -0.494 e. The predicted molar refractivity (Wildman–Crippen MR) is 135 cm³/mol. The van der Waals surface area contributed by atoms with Crippen molar-refractivity contribution in [3.05, 3.63) is 76.6 Å². The van der Waals surface area contributed by atoms with E-state index in [-0.39, 0.29) is 32.5 Å². The van der Waals surface area contributed by atoms with E-state index in [1.54, 1.807) is 38.1 Å². The average Bonchev–Trinajstić information content (AvgIpc) is 2.80. The number of benzene rings is 3. The highest BCUT2D eigenvalue weighted by molar-refractivity contribution is 7.92. The van der Waals surface area contributed by atoms with Crippen LogP contribution in [0.5, 0.6) is 5.75 Å². The number of halogens is 2. The molecule has 3 rings (SSSR count). The van der Waals surface area contributed by atoms with Crippen molar-refractivity contribution in [2.75, 3.05) is 11.8 Å². The Hall–Kier alpha value is -3.10. The lowest BCUT2D eigenvalue weighted by Gasteiger charge is -2.18. The zero-order valence-corrected chi connectivity index (χ0v) is 21.5. The van der Waals surface area contributed by atoms with Crippen LogP contribution in [0.3, 0.4) is 0 Å². The Morgan fingerprint density at radius 3 is 2.40 bits per heavy atom. The van der Waals surface area contributed by atoms with Gasteiger partial charge in [-0.15, -0.1) is 0 Å². The summed E-state index contributed by atoms with van der Waals surface area (Å²) in [5.41, 5.74) is 1.53. The van der Waals surface area contributed by atoms with Crippen LogP contribution in [0, 0.1) is 5.82 Å². The summed E-state index contributed by atoms with van der Waals surface area (Å²) < 4.78 is 55.0. The summed E-state index contributed by atoms with van der Waals surface area (Å²) in [6, 6.07) is 14.1. The molecule has 0 amide bonds. The normalized spacial score (nSPS) is 11.4. The third-order valence-electron chi connectivity index (χ3n) is 5.12. The fourth-order valence-corrected chi connectivity index (χ4v) is 5.25. The summed E-state index contributed by atoms with van der Waals surface area (Å²) >= 11 is 6.26. The number of hydrogen-bond acceptors (Lipinski definition) is 5. The second-order valence-corrected chi connectivity index (χ2v) is 10.2. The zero-order valence-electron chi connectivity index (χ0n) is 19.9. The van der Waals surface area contributed by atoms with Crippen molar-refractivity contribution in [2.24, 2.45) is 0 Å². The number of carbonyl (C=O) groups excluding carboxylic acids is 1. The first-order chi connectivity index (χ1) is 16.6. The van der Waals surface area contributed by atoms with E-state index in [1.807, 2.05) is 13.0 Å². The van der Waals surface area contributed by atoms with E-state index >= 15 is 0 Å². The molecule has 9 heteroatoms. The maximum Gasteiger partial charge on any atom is 0.338 e. The van der Waals surface area contributed by atoms with Gasteiger partial charge in [-0.1, -0.05) is 55.3 Å². The van der Waals surface area contributed by atoms with Gasteiger partial charge in [0, 0.05) is 5.56 Å². The van der Waals surface area contributed by atoms with Crippen molar-refractivity contribution < 1.29 is 27.1 Å². The van der Waals surface area contributed by atoms with E-state index in [2.05, 4.69) is 4.72 Å². The van der Waals surface area contributed by atoms with Gasteiger partial charge in [0.25, 0.3) is 10.0 Å². The third kappa shape index (κ3) is 6.13. The van der Waals surface area contributed by atoms with Gasteiger partial charge in [0.05, 0.1) is 29.5 Å². The Bertz CT molecular complexity index is 1330. The van der Waals surface area contributed by atoms with Gasteiger partial charge in [0.1, 0.15) is 10.7 Å². The molecule has 0 aliphatic rings. The molecule has 0 heterocycles. The van der Waals surface area contributed by atoms with Gasteiger partial charge in [-0.25, -0.2) is 17.6 Å². The predicted octanol–water partition coefficient (Wildman–Crippen LogP) is 6.47. The molecule has 0 saturated carbocycles. The lowest BCUT2D eigenvalue weighted by atomic mass is 10.00. The number of aryl methyl sites for hydroxylation is 1. The van der Waals surface area contributed by atoms with Crippen LogP contribution < -0.4 is 9.46 Å². The highest BCUT2D eigenvalue weighted by atomic mass is 35.5. The van der Waals surface area contributed by atoms with Gasteiger partial charge in [-0.2, -0.15) is 0 Å². The summed E-state index contributed by atoms with van der Waals surface area (Å²) in [6.45, 7) is 5.26. The highest BCUT2D eigenvalue weighted by Gasteiger charge is 2.27. The maximum atomic E-state index is 14.9. The van der Waals surface area contributed by atoms with Gasteiger partial charge < -0.3 is 9.47 Å². The number of hydrogen-bond donors (Lipinski definition) is 1. The van der Waals surface area contributed by atoms with Gasteiger partial charge in [-0.3, -0.25) is 4.72 Å². The lowest BCUT2D eigenvalue weighted by molar-refractivity contribution is 0.0377. The molecule has 0 fully saturated rings. The lowest BCUT2D eigenvalue weighted by Crippen LogP contribution is -2.18. The molecule has 0 aliphatic heterocycles. The SMILES string of the molecule is CCCc1cc(F)c(-c2ccccc2)cc1NS(=O)(=O)c1cc(C(=O)OC(C)C)cc(Cl)c1OC. The van der Waals surface area contributed by atoms with Crippen molar-refractivity contribution in [3.63, 3.8) is 0 Å². The van der Waals surface area contributed by atoms with Crippen molar-refractivity contribution >= 4 is 33.3 Å². The Labute approximate surface area is 210 Å². The quantitative estimate of drug-likeness (QED) is 0.327. The molecule has 0 spiro atoms. The average molecular weight is 520 g/mol. The number of nitrogens with one attached hydrogen (secondary N) is 1. The first-order valence-electron chi connectivity index (χ1n) is 11.1. The number of rotatable bonds is 9. The van der Waals surface area contributed by atoms with E-state index < -0.39 is 27.9 Å². The molecule has 35 heavy (non-hydrogen) atoms. The minimum atomic E-state index is -4.31. The smallest absolute Gasteiger partial charge is 0.338 e. The van der Waals surface area contributed by atoms with Crippen LogP contribution in [0.1, 0.15) is 43.1 Å². The number of carbonyl (C=O) groups is 1. The van der Waals surface area contributed by atoms with Crippen molar-refractivity contribution in [3.8, 4) is 16.9 Å². The summed E-state index contributed by atoms with van der Waals surface area (Å²) in [7, 11) is -3.03. The molecule has 3 aromatic rings. The maximum absolute atomic E-state index is 14.9. The van der Waals surface area contributed by atoms with Crippen LogP contribution >= 0.6 is 11.6 Å². The molecule has 0 unspecified atom stereocenters. The fourth-order valence-electron chi connectivity index (χ4n) is 3.59. The number of ether oxygens (including phenoxy) is 2. The van der Waals surface area contributed by atoms with E-state index in [0.29, 0.717) is 24.0 Å². The Balaban J connectivity index is 2.13. The van der Waals surface area contributed by atoms with Gasteiger partial charge >= 0.3 is 5.97 Å². The third-order valence-corrected chi connectivity index (χ3v) is 6.77. The number of methoxy groups -OCH3 is 1. The van der Waals surface area contributed by atoms with Crippen LogP contribution in [0.2, 0.25) is 5.02 Å². The summed E-state index contributed by atoms with van der Waals surface area (Å²) in [4.78, 5) is 12.1. The molecule has 0 saturated heterocycles. The molecule has 0 bridgehead atoms. The summed E-state index contributed by atoms with van der Waals surface area (Å²) in [5.74, 6) is -1.30. The number of anilines is 1. The van der Waals surface area contributed by atoms with E-state index in [0.717, 1.165) is 6.07 Å². The molecular formula is C26H27ClFNO5S. The standard InChI is InChI=1S/C26H27ClFNO5S/c1-5-9-18-13-22(28)20(17-10-7-6-8-11-17)15-23(18)29-35(31,32)24-14-19(26(30)34-16(2)3)12-21(27)25(24)33-4/h6-8,10-16,29H,5,9H2,1-4H3. The Morgan fingerprint density at radius 2 is 1.80 bits per heavy atom. The van der Waals surface area contributed by atoms with E-state index in [9.17, 15) is 17.6 Å². The first-order valence-corrected chi connectivity index (χ1v) is 12.9. The largest absolute Gasteiger partial charge is 0.494 e. The van der Waals surface area contributed by atoms with Crippen molar-refractivity contribution in [1.82, 2.24) is 0 Å². The van der Waals surface area contributed by atoms with Gasteiger partial charge in [-0.05, 0) is 55.7 Å². The Morgan fingerprint density at radius 1 is 1.11 bits per heavy atom. The van der Waals surface area contributed by atoms with Gasteiger partial charge in [0.15, 0.2) is 5.75 Å². The fraction of sp³-hybridized carbons (Fsp3) is 0.269. The van der Waals surface area contributed by atoms with E-state index in [4.69, 9.17) is 21.1 Å². The van der Waals surface area contributed by atoms with Crippen LogP contribution in [0.15, 0.2) is 59.5 Å². The monoisotopic (exact) mass is 519 g/mol. The van der Waals surface area contributed by atoms with Crippen molar-refractivity contribution in [2.45, 2.75) is 44.6 Å². The summed E-state index contributed by atoms with van der Waals surface area (Å²) in [5, 5.41) is -0.0658. The molecule has 6 nitrogen and oxygen atoms in total. The minimum absolute atomic E-state index is 0.0391. The molecule has 1 N–H and O–H groups in total. The molecule has 0 atom stereocenters. The van der Waals surface area contributed by atoms with Gasteiger partial charge in [0.2, 0.25) is 0 Å². The first kappa shape index (κ1) is 26.5. The van der Waals surface area contributed by atoms with Crippen LogP contribution in [0.25, 0.3) is 11.1 Å².